The molecule has 1 amide bonds. The van der Waals surface area contributed by atoms with Crippen LogP contribution in [0.1, 0.15) is 0 Å². The van der Waals surface area contributed by atoms with Crippen molar-refractivity contribution in [2.45, 2.75) is 18.4 Å². The minimum Gasteiger partial charge on any atom is -0.333 e. The molecule has 0 aliphatic carbocycles. The van der Waals surface area contributed by atoms with E-state index in [4.69, 9.17) is 0 Å². The zero-order chi connectivity index (χ0) is 11.6. The number of amides is 1. The summed E-state index contributed by atoms with van der Waals surface area (Å²) >= 11 is 0. The SMILES string of the molecule is C=CC(=O)NC(C(F)(F)F)C(F)(F)F. The van der Waals surface area contributed by atoms with Gasteiger partial charge in [-0.3, -0.25) is 4.79 Å². The Morgan fingerprint density at radius 1 is 1.14 bits per heavy atom. The summed E-state index contributed by atoms with van der Waals surface area (Å²) in [7, 11) is 0. The van der Waals surface area contributed by atoms with E-state index < -0.39 is 24.3 Å². The number of carbonyl (C=O) groups is 1. The van der Waals surface area contributed by atoms with E-state index in [0.29, 0.717) is 6.08 Å². The van der Waals surface area contributed by atoms with Crippen molar-refractivity contribution in [3.8, 4) is 0 Å². The van der Waals surface area contributed by atoms with Crippen LogP contribution in [-0.2, 0) is 4.79 Å². The Labute approximate surface area is 74.6 Å². The number of halogens is 6. The Morgan fingerprint density at radius 3 is 1.71 bits per heavy atom. The van der Waals surface area contributed by atoms with Gasteiger partial charge in [-0.05, 0) is 6.08 Å². The van der Waals surface area contributed by atoms with Crippen LogP contribution in [0.15, 0.2) is 12.7 Å². The highest BCUT2D eigenvalue weighted by molar-refractivity contribution is 5.87. The van der Waals surface area contributed by atoms with E-state index in [1.54, 1.807) is 0 Å². The number of hydrogen-bond donors (Lipinski definition) is 1. The average molecular weight is 221 g/mol. The summed E-state index contributed by atoms with van der Waals surface area (Å²) in [5.74, 6) is -1.54. The number of alkyl halides is 6. The lowest BCUT2D eigenvalue weighted by Crippen LogP contribution is -2.54. The standard InChI is InChI=1S/C6H5F6NO/c1-2-3(14)13-4(5(7,8)9)6(10,11)12/h2,4H,1H2,(H,13,14). The molecule has 0 aromatic rings. The van der Waals surface area contributed by atoms with E-state index in [-0.39, 0.29) is 0 Å². The Kier molecular flexibility index (Phi) is 3.55. The second-order valence-electron chi connectivity index (χ2n) is 2.23. The third-order valence-corrected chi connectivity index (χ3v) is 1.13. The summed E-state index contributed by atoms with van der Waals surface area (Å²) < 4.78 is 70.5. The van der Waals surface area contributed by atoms with Crippen molar-refractivity contribution in [1.82, 2.24) is 5.32 Å². The number of nitrogens with one attached hydrogen (secondary N) is 1. The second-order valence-corrected chi connectivity index (χ2v) is 2.23. The van der Waals surface area contributed by atoms with Crippen molar-refractivity contribution in [3.05, 3.63) is 12.7 Å². The normalized spacial score (nSPS) is 12.8. The van der Waals surface area contributed by atoms with Crippen LogP contribution in [0.4, 0.5) is 26.3 Å². The van der Waals surface area contributed by atoms with E-state index >= 15 is 0 Å². The number of rotatable bonds is 2. The summed E-state index contributed by atoms with van der Waals surface area (Å²) in [5, 5.41) is 0.740. The van der Waals surface area contributed by atoms with Crippen LogP contribution in [0, 0.1) is 0 Å². The average Bonchev–Trinajstić information content (AvgIpc) is 1.95. The van der Waals surface area contributed by atoms with Gasteiger partial charge in [0, 0.05) is 0 Å². The molecule has 0 saturated carbocycles. The molecule has 0 rings (SSSR count). The molecule has 0 aliphatic heterocycles. The molecule has 0 fully saturated rings. The van der Waals surface area contributed by atoms with Crippen molar-refractivity contribution < 1.29 is 31.1 Å². The molecule has 0 aromatic heterocycles. The van der Waals surface area contributed by atoms with Crippen LogP contribution in [0.3, 0.4) is 0 Å². The highest BCUT2D eigenvalue weighted by atomic mass is 19.4. The minimum atomic E-state index is -5.57. The lowest BCUT2D eigenvalue weighted by molar-refractivity contribution is -0.257. The molecular formula is C6H5F6NO. The van der Waals surface area contributed by atoms with Gasteiger partial charge in [0.15, 0.2) is 0 Å². The summed E-state index contributed by atoms with van der Waals surface area (Å²) in [6.07, 6.45) is -10.8. The predicted molar refractivity (Wildman–Crippen MR) is 34.2 cm³/mol. The molecule has 0 bridgehead atoms. The first-order valence-electron chi connectivity index (χ1n) is 3.15. The molecule has 0 unspecified atom stereocenters. The minimum absolute atomic E-state index is 0.324. The van der Waals surface area contributed by atoms with Crippen molar-refractivity contribution in [1.29, 1.82) is 0 Å². The van der Waals surface area contributed by atoms with E-state index in [9.17, 15) is 31.1 Å². The quantitative estimate of drug-likeness (QED) is 0.558. The van der Waals surface area contributed by atoms with E-state index in [1.807, 2.05) is 0 Å². The molecule has 0 atom stereocenters. The lowest BCUT2D eigenvalue weighted by atomic mass is 10.2. The first-order chi connectivity index (χ1) is 6.09. The molecule has 82 valence electrons. The van der Waals surface area contributed by atoms with E-state index in [2.05, 4.69) is 6.58 Å². The van der Waals surface area contributed by atoms with Gasteiger partial charge in [-0.2, -0.15) is 26.3 Å². The number of hydrogen-bond acceptors (Lipinski definition) is 1. The van der Waals surface area contributed by atoms with Gasteiger partial charge in [0.2, 0.25) is 11.9 Å². The first-order valence-corrected chi connectivity index (χ1v) is 3.15. The second kappa shape index (κ2) is 3.89. The molecule has 0 heterocycles. The Hall–Kier alpha value is -1.21. The van der Waals surface area contributed by atoms with Gasteiger partial charge < -0.3 is 5.32 Å². The first kappa shape index (κ1) is 12.8. The molecule has 0 radical (unpaired) electrons. The van der Waals surface area contributed by atoms with Crippen LogP contribution in [0.25, 0.3) is 0 Å². The molecule has 2 nitrogen and oxygen atoms in total. The highest BCUT2D eigenvalue weighted by Gasteiger charge is 2.57. The molecule has 8 heteroatoms. The number of carbonyl (C=O) groups excluding carboxylic acids is 1. The van der Waals surface area contributed by atoms with Crippen molar-refractivity contribution >= 4 is 5.91 Å². The van der Waals surface area contributed by atoms with Crippen molar-refractivity contribution in [2.75, 3.05) is 0 Å². The molecule has 0 saturated heterocycles. The lowest BCUT2D eigenvalue weighted by Gasteiger charge is -2.23. The van der Waals surface area contributed by atoms with E-state index in [0.717, 1.165) is 5.32 Å². The zero-order valence-corrected chi connectivity index (χ0v) is 6.54. The fraction of sp³-hybridized carbons (Fsp3) is 0.500. The maximum Gasteiger partial charge on any atom is 0.417 e. The van der Waals surface area contributed by atoms with Crippen molar-refractivity contribution in [2.24, 2.45) is 0 Å². The molecule has 1 N–H and O–H groups in total. The van der Waals surface area contributed by atoms with Crippen LogP contribution in [0.5, 0.6) is 0 Å². The van der Waals surface area contributed by atoms with Crippen LogP contribution < -0.4 is 5.32 Å². The monoisotopic (exact) mass is 221 g/mol. The third kappa shape index (κ3) is 3.67. The maximum atomic E-state index is 11.7. The van der Waals surface area contributed by atoms with Gasteiger partial charge in [0.1, 0.15) is 0 Å². The van der Waals surface area contributed by atoms with Crippen molar-refractivity contribution in [3.63, 3.8) is 0 Å². The summed E-state index contributed by atoms with van der Waals surface area (Å²) in [4.78, 5) is 10.3. The zero-order valence-electron chi connectivity index (χ0n) is 6.54. The smallest absolute Gasteiger partial charge is 0.333 e. The Balaban J connectivity index is 4.76. The highest BCUT2D eigenvalue weighted by Crippen LogP contribution is 2.32. The summed E-state index contributed by atoms with van der Waals surface area (Å²) in [6, 6.07) is -3.86. The fourth-order valence-electron chi connectivity index (χ4n) is 0.550. The van der Waals surface area contributed by atoms with Gasteiger partial charge in [-0.15, -0.1) is 0 Å². The Bertz CT molecular complexity index is 215. The van der Waals surface area contributed by atoms with Gasteiger partial charge in [-0.25, -0.2) is 0 Å². The van der Waals surface area contributed by atoms with Gasteiger partial charge >= 0.3 is 12.4 Å². The van der Waals surface area contributed by atoms with Crippen LogP contribution >= 0.6 is 0 Å². The molecule has 0 aliphatic rings. The summed E-state index contributed by atoms with van der Waals surface area (Å²) in [5.41, 5.74) is 0. The van der Waals surface area contributed by atoms with Gasteiger partial charge in [-0.1, -0.05) is 6.58 Å². The largest absolute Gasteiger partial charge is 0.417 e. The molecule has 14 heavy (non-hydrogen) atoms. The fourth-order valence-corrected chi connectivity index (χ4v) is 0.550. The third-order valence-electron chi connectivity index (χ3n) is 1.13. The van der Waals surface area contributed by atoms with Crippen LogP contribution in [0.2, 0.25) is 0 Å². The van der Waals surface area contributed by atoms with Crippen LogP contribution in [-0.4, -0.2) is 24.3 Å². The molecular weight excluding hydrogens is 216 g/mol. The maximum absolute atomic E-state index is 11.7. The summed E-state index contributed by atoms with van der Waals surface area (Å²) in [6.45, 7) is 2.73. The Morgan fingerprint density at radius 2 is 1.50 bits per heavy atom. The topological polar surface area (TPSA) is 29.1 Å². The molecule has 0 spiro atoms. The predicted octanol–water partition coefficient (Wildman–Crippen LogP) is 1.78. The molecule has 0 aromatic carbocycles. The van der Waals surface area contributed by atoms with Gasteiger partial charge in [0.25, 0.3) is 0 Å². The van der Waals surface area contributed by atoms with E-state index in [1.165, 1.54) is 0 Å². The van der Waals surface area contributed by atoms with Gasteiger partial charge in [0.05, 0.1) is 0 Å².